The van der Waals surface area contributed by atoms with E-state index >= 15 is 0 Å². The maximum Gasteiger partial charge on any atom is 0.466 e. The maximum absolute atomic E-state index is 8.88. The van der Waals surface area contributed by atoms with Crippen molar-refractivity contribution >= 4 is 16.6 Å². The van der Waals surface area contributed by atoms with Gasteiger partial charge in [-0.1, -0.05) is 13.1 Å². The fourth-order valence-electron chi connectivity index (χ4n) is 0. The monoisotopic (exact) mass is 184 g/mol. The minimum absolute atomic E-state index is 0.386. The quantitative estimate of drug-likeness (QED) is 0.404. The highest BCUT2D eigenvalue weighted by Gasteiger charge is 2.00. The Bertz CT molecular complexity index is 121. The lowest BCUT2D eigenvalue weighted by Crippen LogP contribution is -1.89. The Labute approximate surface area is 62.1 Å². The van der Waals surface area contributed by atoms with E-state index in [4.69, 9.17) is 19.2 Å². The Morgan fingerprint density at radius 3 is 1.50 bits per heavy atom. The minimum atomic E-state index is -4.64. The van der Waals surface area contributed by atoms with Crippen LogP contribution in [0.5, 0.6) is 0 Å². The van der Waals surface area contributed by atoms with Crippen molar-refractivity contribution in [3.63, 3.8) is 0 Å². The SMILES string of the molecule is C=C[SiH](C)C.O=P(O)(O)O. The van der Waals surface area contributed by atoms with Gasteiger partial charge in [-0.15, -0.1) is 12.3 Å². The van der Waals surface area contributed by atoms with Gasteiger partial charge in [0.05, 0.1) is 8.80 Å². The summed E-state index contributed by atoms with van der Waals surface area (Å²) in [6, 6.07) is 0. The van der Waals surface area contributed by atoms with Gasteiger partial charge in [0.2, 0.25) is 0 Å². The molecule has 4 nitrogen and oxygen atoms in total. The molecule has 3 N–H and O–H groups in total. The van der Waals surface area contributed by atoms with Crippen LogP contribution in [0, 0.1) is 0 Å². The second kappa shape index (κ2) is 5.82. The van der Waals surface area contributed by atoms with Crippen LogP contribution in [0.2, 0.25) is 13.1 Å². The van der Waals surface area contributed by atoms with Crippen LogP contribution in [-0.2, 0) is 4.57 Å². The average Bonchev–Trinajstić information content (AvgIpc) is 1.61. The number of hydrogen-bond acceptors (Lipinski definition) is 1. The maximum atomic E-state index is 8.88. The van der Waals surface area contributed by atoms with Crippen molar-refractivity contribution < 1.29 is 19.2 Å². The first-order valence-electron chi connectivity index (χ1n) is 2.68. The molecule has 0 aliphatic heterocycles. The molecule has 10 heavy (non-hydrogen) atoms. The summed E-state index contributed by atoms with van der Waals surface area (Å²) in [5.41, 5.74) is 2.06. The molecule has 0 spiro atoms. The average molecular weight is 184 g/mol. The van der Waals surface area contributed by atoms with Gasteiger partial charge in [-0.05, 0) is 0 Å². The zero-order valence-electron chi connectivity index (χ0n) is 6.06. The molecule has 0 amide bonds. The van der Waals surface area contributed by atoms with Crippen molar-refractivity contribution in [1.29, 1.82) is 0 Å². The number of rotatable bonds is 1. The largest absolute Gasteiger partial charge is 0.466 e. The normalized spacial score (nSPS) is 10.2. The number of phosphoric acid groups is 1. The molecule has 0 atom stereocenters. The Kier molecular flexibility index (Phi) is 7.40. The topological polar surface area (TPSA) is 77.8 Å². The van der Waals surface area contributed by atoms with Gasteiger partial charge in [0.15, 0.2) is 0 Å². The first kappa shape index (κ1) is 12.7. The molecule has 6 heteroatoms. The van der Waals surface area contributed by atoms with E-state index < -0.39 is 7.82 Å². The fraction of sp³-hybridized carbons (Fsp3) is 0.500. The zero-order chi connectivity index (χ0) is 8.78. The molecule has 0 rings (SSSR count). The van der Waals surface area contributed by atoms with Crippen LogP contribution in [0.25, 0.3) is 0 Å². The van der Waals surface area contributed by atoms with Crippen LogP contribution in [0.4, 0.5) is 0 Å². The molecule has 0 fully saturated rings. The van der Waals surface area contributed by atoms with Crippen LogP contribution in [0.3, 0.4) is 0 Å². The molecule has 62 valence electrons. The third-order valence-electron chi connectivity index (χ3n) is 0.471. The van der Waals surface area contributed by atoms with E-state index in [0.717, 1.165) is 0 Å². The van der Waals surface area contributed by atoms with Crippen molar-refractivity contribution in [3.8, 4) is 0 Å². The van der Waals surface area contributed by atoms with Gasteiger partial charge in [-0.3, -0.25) is 0 Å². The summed E-state index contributed by atoms with van der Waals surface area (Å²) in [5, 5.41) is 0. The lowest BCUT2D eigenvalue weighted by atomic mass is 11.3. The molecule has 0 aromatic carbocycles. The van der Waals surface area contributed by atoms with Crippen molar-refractivity contribution in [2.24, 2.45) is 0 Å². The summed E-state index contributed by atoms with van der Waals surface area (Å²) < 4.78 is 8.88. The Morgan fingerprint density at radius 2 is 1.50 bits per heavy atom. The Hall–Kier alpha value is 0.0669. The summed E-state index contributed by atoms with van der Waals surface area (Å²) in [6.07, 6.45) is 0. The van der Waals surface area contributed by atoms with Gasteiger partial charge in [0, 0.05) is 0 Å². The third-order valence-corrected chi connectivity index (χ3v) is 1.41. The van der Waals surface area contributed by atoms with Gasteiger partial charge in [0.25, 0.3) is 0 Å². The molecule has 0 saturated carbocycles. The molecule has 0 bridgehead atoms. The van der Waals surface area contributed by atoms with Crippen molar-refractivity contribution in [1.82, 2.24) is 0 Å². The van der Waals surface area contributed by atoms with Gasteiger partial charge in [-0.25, -0.2) is 4.57 Å². The highest BCUT2D eigenvalue weighted by atomic mass is 31.2. The van der Waals surface area contributed by atoms with E-state index in [-0.39, 0.29) is 8.80 Å². The highest BCUT2D eigenvalue weighted by molar-refractivity contribution is 7.45. The first-order valence-corrected chi connectivity index (χ1v) is 7.22. The second-order valence-corrected chi connectivity index (χ2v) is 5.98. The summed E-state index contributed by atoms with van der Waals surface area (Å²) in [5.74, 6) is 0. The molecule has 0 unspecified atom stereocenters. The Balaban J connectivity index is 0. The molecule has 0 heterocycles. The van der Waals surface area contributed by atoms with E-state index in [1.54, 1.807) is 0 Å². The van der Waals surface area contributed by atoms with E-state index in [0.29, 0.717) is 0 Å². The smallest absolute Gasteiger partial charge is 0.303 e. The van der Waals surface area contributed by atoms with E-state index in [9.17, 15) is 0 Å². The van der Waals surface area contributed by atoms with E-state index in [1.807, 2.05) is 0 Å². The minimum Gasteiger partial charge on any atom is -0.303 e. The van der Waals surface area contributed by atoms with Crippen molar-refractivity contribution in [2.75, 3.05) is 0 Å². The van der Waals surface area contributed by atoms with Crippen molar-refractivity contribution in [2.45, 2.75) is 13.1 Å². The molecule has 0 aliphatic rings. The number of hydrogen-bond donors (Lipinski definition) is 3. The molecule has 0 aliphatic carbocycles. The van der Waals surface area contributed by atoms with Crippen LogP contribution in [-0.4, -0.2) is 23.5 Å². The Morgan fingerprint density at radius 1 is 1.40 bits per heavy atom. The zero-order valence-corrected chi connectivity index (χ0v) is 8.11. The summed E-state index contributed by atoms with van der Waals surface area (Å²) in [6.45, 7) is 8.11. The standard InChI is InChI=1S/C4H10Si.H3O4P/c1-4-5(2)3;1-5(2,3)4/h4-5H,1H2,2-3H3;(H3,1,2,3,4). The van der Waals surface area contributed by atoms with Crippen LogP contribution >= 0.6 is 7.82 Å². The summed E-state index contributed by atoms with van der Waals surface area (Å²) >= 11 is 0. The van der Waals surface area contributed by atoms with Gasteiger partial charge < -0.3 is 14.7 Å². The van der Waals surface area contributed by atoms with Crippen LogP contribution < -0.4 is 0 Å². The van der Waals surface area contributed by atoms with Crippen LogP contribution in [0.15, 0.2) is 12.3 Å². The second-order valence-electron chi connectivity index (χ2n) is 1.99. The molecular formula is C4H13O4PSi. The molecule has 0 radical (unpaired) electrons. The highest BCUT2D eigenvalue weighted by Crippen LogP contribution is 2.25. The molecular weight excluding hydrogens is 171 g/mol. The van der Waals surface area contributed by atoms with E-state index in [1.165, 1.54) is 0 Å². The third kappa shape index (κ3) is 94.3. The van der Waals surface area contributed by atoms with Crippen molar-refractivity contribution in [3.05, 3.63) is 12.3 Å². The first-order chi connectivity index (χ1) is 4.27. The lowest BCUT2D eigenvalue weighted by molar-refractivity contribution is 0.275. The fourth-order valence-corrected chi connectivity index (χ4v) is 0. The predicted octanol–water partition coefficient (Wildman–Crippen LogP) is 0.270. The molecule has 0 saturated heterocycles. The van der Waals surface area contributed by atoms with Gasteiger partial charge in [0.1, 0.15) is 0 Å². The lowest BCUT2D eigenvalue weighted by Gasteiger charge is -1.82. The summed E-state index contributed by atoms with van der Waals surface area (Å²) in [7, 11) is -5.02. The summed E-state index contributed by atoms with van der Waals surface area (Å²) in [4.78, 5) is 21.6. The van der Waals surface area contributed by atoms with E-state index in [2.05, 4.69) is 25.4 Å². The van der Waals surface area contributed by atoms with Gasteiger partial charge in [-0.2, -0.15) is 0 Å². The predicted molar refractivity (Wildman–Crippen MR) is 43.3 cm³/mol. The molecule has 0 aromatic rings. The molecule has 0 aromatic heterocycles. The van der Waals surface area contributed by atoms with Gasteiger partial charge >= 0.3 is 7.82 Å². The van der Waals surface area contributed by atoms with Crippen LogP contribution in [0.1, 0.15) is 0 Å².